The third kappa shape index (κ3) is 2.88. The monoisotopic (exact) mass is 331 g/mol. The van der Waals surface area contributed by atoms with Crippen LogP contribution in [0.25, 0.3) is 0 Å². The third-order valence-corrected chi connectivity index (χ3v) is 3.46. The van der Waals surface area contributed by atoms with Crippen LogP contribution in [0.1, 0.15) is 17.2 Å². The van der Waals surface area contributed by atoms with Crippen LogP contribution in [0.2, 0.25) is 5.02 Å². The van der Waals surface area contributed by atoms with Crippen LogP contribution >= 0.6 is 27.5 Å². The van der Waals surface area contributed by atoms with Crippen LogP contribution in [0.5, 0.6) is 0 Å². The normalized spacial score (nSPS) is 12.5. The predicted octanol–water partition coefficient (Wildman–Crippen LogP) is 4.43. The topological polar surface area (TPSA) is 26.0 Å². The number of benzene rings is 2. The van der Waals surface area contributed by atoms with Crippen molar-refractivity contribution < 1.29 is 8.78 Å². The molecule has 0 aliphatic carbocycles. The Morgan fingerprint density at radius 2 is 1.67 bits per heavy atom. The summed E-state index contributed by atoms with van der Waals surface area (Å²) in [5.74, 6) is -1.30. The molecule has 94 valence electrons. The van der Waals surface area contributed by atoms with Gasteiger partial charge in [0.2, 0.25) is 0 Å². The number of hydrogen-bond acceptors (Lipinski definition) is 1. The van der Waals surface area contributed by atoms with Gasteiger partial charge in [0.15, 0.2) is 0 Å². The van der Waals surface area contributed by atoms with E-state index in [4.69, 9.17) is 17.3 Å². The number of halogens is 4. The summed E-state index contributed by atoms with van der Waals surface area (Å²) in [6, 6.07) is 7.71. The van der Waals surface area contributed by atoms with Gasteiger partial charge in [-0.2, -0.15) is 0 Å². The molecule has 0 bridgehead atoms. The van der Waals surface area contributed by atoms with Gasteiger partial charge in [-0.05, 0) is 35.4 Å². The van der Waals surface area contributed by atoms with E-state index in [0.29, 0.717) is 20.6 Å². The van der Waals surface area contributed by atoms with Crippen molar-refractivity contribution >= 4 is 27.5 Å². The zero-order valence-corrected chi connectivity index (χ0v) is 11.5. The van der Waals surface area contributed by atoms with Crippen molar-refractivity contribution in [2.45, 2.75) is 6.04 Å². The van der Waals surface area contributed by atoms with Crippen molar-refractivity contribution in [1.82, 2.24) is 0 Å². The van der Waals surface area contributed by atoms with Crippen LogP contribution in [0, 0.1) is 11.6 Å². The van der Waals surface area contributed by atoms with E-state index in [1.54, 1.807) is 18.2 Å². The minimum absolute atomic E-state index is 0.371. The lowest BCUT2D eigenvalue weighted by Crippen LogP contribution is -2.13. The largest absolute Gasteiger partial charge is 0.320 e. The van der Waals surface area contributed by atoms with Gasteiger partial charge in [0.05, 0.1) is 6.04 Å². The van der Waals surface area contributed by atoms with Gasteiger partial charge in [-0.1, -0.05) is 33.6 Å². The fourth-order valence-electron chi connectivity index (χ4n) is 1.69. The first-order chi connectivity index (χ1) is 8.47. The molecule has 2 rings (SSSR count). The summed E-state index contributed by atoms with van der Waals surface area (Å²) in [7, 11) is 0. The van der Waals surface area contributed by atoms with E-state index in [2.05, 4.69) is 15.9 Å². The summed E-state index contributed by atoms with van der Waals surface area (Å²) in [5, 5.41) is 0.559. The summed E-state index contributed by atoms with van der Waals surface area (Å²) in [6.07, 6.45) is 0. The molecule has 1 unspecified atom stereocenters. The molecule has 2 aromatic carbocycles. The number of nitrogens with two attached hydrogens (primary N) is 1. The lowest BCUT2D eigenvalue weighted by molar-refractivity contribution is 0.577. The average Bonchev–Trinajstić information content (AvgIpc) is 2.26. The second kappa shape index (κ2) is 5.34. The highest BCUT2D eigenvalue weighted by Crippen LogP contribution is 2.29. The van der Waals surface area contributed by atoms with Crippen LogP contribution in [0.15, 0.2) is 40.9 Å². The van der Waals surface area contributed by atoms with Gasteiger partial charge in [0.1, 0.15) is 11.6 Å². The van der Waals surface area contributed by atoms with Gasteiger partial charge in [-0.3, -0.25) is 0 Å². The van der Waals surface area contributed by atoms with Crippen molar-refractivity contribution in [3.8, 4) is 0 Å². The van der Waals surface area contributed by atoms with Crippen LogP contribution in [0.3, 0.4) is 0 Å². The van der Waals surface area contributed by atoms with Gasteiger partial charge in [-0.25, -0.2) is 8.78 Å². The summed E-state index contributed by atoms with van der Waals surface area (Å²) >= 11 is 9.16. The molecule has 0 saturated heterocycles. The van der Waals surface area contributed by atoms with E-state index in [0.717, 1.165) is 6.07 Å². The Morgan fingerprint density at radius 1 is 1.06 bits per heavy atom. The van der Waals surface area contributed by atoms with Gasteiger partial charge in [0.25, 0.3) is 0 Å². The van der Waals surface area contributed by atoms with E-state index in [1.807, 2.05) is 0 Å². The highest BCUT2D eigenvalue weighted by atomic mass is 79.9. The fraction of sp³-hybridized carbons (Fsp3) is 0.0769. The van der Waals surface area contributed by atoms with Crippen molar-refractivity contribution in [1.29, 1.82) is 0 Å². The first-order valence-electron chi connectivity index (χ1n) is 5.14. The molecule has 2 aromatic rings. The molecule has 1 atom stereocenters. The standard InChI is InChI=1S/C13H9BrClF2N/c14-12-5-8(15)1-2-11(12)13(18)7-3-9(16)6-10(17)4-7/h1-6,13H,18H2. The van der Waals surface area contributed by atoms with Crippen LogP contribution < -0.4 is 5.73 Å². The Balaban J connectivity index is 2.44. The predicted molar refractivity (Wildman–Crippen MR) is 71.5 cm³/mol. The van der Waals surface area contributed by atoms with E-state index >= 15 is 0 Å². The molecule has 0 heterocycles. The van der Waals surface area contributed by atoms with Crippen molar-refractivity contribution in [2.24, 2.45) is 5.73 Å². The van der Waals surface area contributed by atoms with E-state index in [1.165, 1.54) is 12.1 Å². The lowest BCUT2D eigenvalue weighted by Gasteiger charge is -2.15. The molecule has 1 nitrogen and oxygen atoms in total. The molecule has 0 aliphatic rings. The Hall–Kier alpha value is -0.970. The van der Waals surface area contributed by atoms with Crippen molar-refractivity contribution in [3.63, 3.8) is 0 Å². The minimum Gasteiger partial charge on any atom is -0.320 e. The molecule has 0 amide bonds. The maximum Gasteiger partial charge on any atom is 0.126 e. The highest BCUT2D eigenvalue weighted by molar-refractivity contribution is 9.10. The van der Waals surface area contributed by atoms with E-state index in [-0.39, 0.29) is 0 Å². The molecule has 5 heteroatoms. The Kier molecular flexibility index (Phi) is 4.00. The number of hydrogen-bond donors (Lipinski definition) is 1. The maximum absolute atomic E-state index is 13.1. The average molecular weight is 333 g/mol. The van der Waals surface area contributed by atoms with Crippen molar-refractivity contribution in [3.05, 3.63) is 68.7 Å². The van der Waals surface area contributed by atoms with Gasteiger partial charge >= 0.3 is 0 Å². The summed E-state index contributed by atoms with van der Waals surface area (Å²) in [5.41, 5.74) is 7.08. The highest BCUT2D eigenvalue weighted by Gasteiger charge is 2.14. The van der Waals surface area contributed by atoms with Crippen molar-refractivity contribution in [2.75, 3.05) is 0 Å². The number of rotatable bonds is 2. The Labute approximate surface area is 117 Å². The van der Waals surface area contributed by atoms with E-state index in [9.17, 15) is 8.78 Å². The van der Waals surface area contributed by atoms with Crippen LogP contribution in [0.4, 0.5) is 8.78 Å². The molecular weight excluding hydrogens is 324 g/mol. The summed E-state index contributed by atoms with van der Waals surface area (Å²) < 4.78 is 27.0. The molecule has 18 heavy (non-hydrogen) atoms. The maximum atomic E-state index is 13.1. The zero-order valence-electron chi connectivity index (χ0n) is 9.13. The molecule has 0 fully saturated rings. The molecular formula is C13H9BrClF2N. The fourth-order valence-corrected chi connectivity index (χ4v) is 2.62. The molecule has 0 radical (unpaired) electrons. The van der Waals surface area contributed by atoms with Crippen LogP contribution in [-0.4, -0.2) is 0 Å². The molecule has 0 aromatic heterocycles. The van der Waals surface area contributed by atoms with Gasteiger partial charge < -0.3 is 5.73 Å². The molecule has 0 aliphatic heterocycles. The molecule has 2 N–H and O–H groups in total. The first-order valence-corrected chi connectivity index (χ1v) is 6.31. The molecule has 0 spiro atoms. The van der Waals surface area contributed by atoms with Gasteiger partial charge in [-0.15, -0.1) is 0 Å². The molecule has 0 saturated carbocycles. The second-order valence-corrected chi connectivity index (χ2v) is 5.14. The Morgan fingerprint density at radius 3 is 2.22 bits per heavy atom. The van der Waals surface area contributed by atoms with E-state index < -0.39 is 17.7 Å². The SMILES string of the molecule is NC(c1cc(F)cc(F)c1)c1ccc(Cl)cc1Br. The van der Waals surface area contributed by atoms with Gasteiger partial charge in [0, 0.05) is 15.6 Å². The summed E-state index contributed by atoms with van der Waals surface area (Å²) in [4.78, 5) is 0. The lowest BCUT2D eigenvalue weighted by atomic mass is 9.99. The van der Waals surface area contributed by atoms with Crippen LogP contribution in [-0.2, 0) is 0 Å². The third-order valence-electron chi connectivity index (χ3n) is 2.54. The summed E-state index contributed by atoms with van der Waals surface area (Å²) in [6.45, 7) is 0. The smallest absolute Gasteiger partial charge is 0.126 e. The zero-order chi connectivity index (χ0) is 13.3. The minimum atomic E-state index is -0.648. The second-order valence-electron chi connectivity index (χ2n) is 3.85. The first kappa shape index (κ1) is 13.5. The Bertz CT molecular complexity index is 569. The quantitative estimate of drug-likeness (QED) is 0.865.